The van der Waals surface area contributed by atoms with Crippen LogP contribution in [0, 0.1) is 0 Å². The lowest BCUT2D eigenvalue weighted by molar-refractivity contribution is 0.0924. The number of amides is 1. The summed E-state index contributed by atoms with van der Waals surface area (Å²) >= 11 is 7.70. The zero-order valence-corrected chi connectivity index (χ0v) is 17.9. The Hall–Kier alpha value is -3.41. The second kappa shape index (κ2) is 8.38. The number of fused-ring (bicyclic) bond motifs is 1. The van der Waals surface area contributed by atoms with Gasteiger partial charge in [-0.3, -0.25) is 4.79 Å². The zero-order chi connectivity index (χ0) is 21.2. The van der Waals surface area contributed by atoms with Crippen molar-refractivity contribution in [2.24, 2.45) is 0 Å². The number of para-hydroxylation sites is 1. The lowest BCUT2D eigenvalue weighted by Gasteiger charge is -2.05. The molecule has 0 radical (unpaired) electrons. The summed E-state index contributed by atoms with van der Waals surface area (Å²) in [7, 11) is 0. The molecule has 0 unspecified atom stereocenters. The van der Waals surface area contributed by atoms with E-state index in [9.17, 15) is 4.79 Å². The summed E-state index contributed by atoms with van der Waals surface area (Å²) in [5, 5.41) is 4.51. The first kappa shape index (κ1) is 19.5. The van der Waals surface area contributed by atoms with Crippen LogP contribution in [0.1, 0.15) is 16.1 Å². The van der Waals surface area contributed by atoms with Gasteiger partial charge in [-0.2, -0.15) is 0 Å². The van der Waals surface area contributed by atoms with Crippen LogP contribution < -0.4 is 5.32 Å². The van der Waals surface area contributed by atoms with Crippen molar-refractivity contribution in [3.05, 3.63) is 101 Å². The van der Waals surface area contributed by atoms with Crippen LogP contribution >= 0.6 is 22.9 Å². The molecule has 6 heteroatoms. The van der Waals surface area contributed by atoms with Crippen LogP contribution in [-0.2, 0) is 6.54 Å². The van der Waals surface area contributed by atoms with E-state index in [1.807, 2.05) is 54.6 Å². The van der Waals surface area contributed by atoms with E-state index in [0.29, 0.717) is 17.3 Å². The summed E-state index contributed by atoms with van der Waals surface area (Å²) in [5.74, 6) is 0.609. The molecule has 0 aliphatic rings. The van der Waals surface area contributed by atoms with Crippen LogP contribution in [0.4, 0.5) is 0 Å². The standard InChI is InChI=1S/C25H17ClN2O2S/c26-19-5-3-4-18(14-19)21-12-13-22(30-21)24(29)27-15-16-8-10-17(11-9-16)25-28-20-6-1-2-7-23(20)31-25/h1-14H,15H2,(H,27,29). The zero-order valence-electron chi connectivity index (χ0n) is 16.3. The molecule has 4 nitrogen and oxygen atoms in total. The molecule has 0 saturated heterocycles. The summed E-state index contributed by atoms with van der Waals surface area (Å²) in [6.45, 7) is 0.409. The molecule has 1 N–H and O–H groups in total. The van der Waals surface area contributed by atoms with E-state index >= 15 is 0 Å². The fourth-order valence-electron chi connectivity index (χ4n) is 3.29. The maximum Gasteiger partial charge on any atom is 0.287 e. The maximum atomic E-state index is 12.5. The average Bonchev–Trinajstić information content (AvgIpc) is 3.45. The van der Waals surface area contributed by atoms with Gasteiger partial charge in [0, 0.05) is 22.7 Å². The summed E-state index contributed by atoms with van der Waals surface area (Å²) in [6.07, 6.45) is 0. The predicted molar refractivity (Wildman–Crippen MR) is 125 cm³/mol. The van der Waals surface area contributed by atoms with E-state index in [1.54, 1.807) is 35.6 Å². The van der Waals surface area contributed by atoms with Crippen molar-refractivity contribution >= 4 is 39.1 Å². The molecule has 2 aromatic heterocycles. The van der Waals surface area contributed by atoms with Crippen molar-refractivity contribution in [1.29, 1.82) is 0 Å². The minimum absolute atomic E-state index is 0.261. The first-order chi connectivity index (χ1) is 15.2. The van der Waals surface area contributed by atoms with Crippen LogP contribution in [0.25, 0.3) is 32.1 Å². The third-order valence-electron chi connectivity index (χ3n) is 4.89. The molecule has 0 aliphatic carbocycles. The van der Waals surface area contributed by atoms with Crippen molar-refractivity contribution in [2.75, 3.05) is 0 Å². The highest BCUT2D eigenvalue weighted by Gasteiger charge is 2.12. The van der Waals surface area contributed by atoms with Crippen molar-refractivity contribution in [1.82, 2.24) is 10.3 Å². The van der Waals surface area contributed by atoms with Gasteiger partial charge in [0.05, 0.1) is 10.2 Å². The highest BCUT2D eigenvalue weighted by Crippen LogP contribution is 2.30. The number of aromatic nitrogens is 1. The predicted octanol–water partition coefficient (Wildman–Crippen LogP) is 6.81. The van der Waals surface area contributed by atoms with Gasteiger partial charge in [0.15, 0.2) is 5.76 Å². The maximum absolute atomic E-state index is 12.5. The Balaban J connectivity index is 1.24. The summed E-state index contributed by atoms with van der Waals surface area (Å²) < 4.78 is 6.87. The second-order valence-electron chi connectivity index (χ2n) is 7.04. The molecule has 0 bridgehead atoms. The number of rotatable bonds is 5. The molecule has 31 heavy (non-hydrogen) atoms. The molecule has 0 spiro atoms. The third kappa shape index (κ3) is 4.24. The molecule has 0 atom stereocenters. The van der Waals surface area contributed by atoms with E-state index < -0.39 is 0 Å². The Kier molecular flexibility index (Phi) is 5.28. The lowest BCUT2D eigenvalue weighted by Crippen LogP contribution is -2.22. The summed E-state index contributed by atoms with van der Waals surface area (Å²) in [5.41, 5.74) is 3.90. The SMILES string of the molecule is O=C(NCc1ccc(-c2nc3ccccc3s2)cc1)c1ccc(-c2cccc(Cl)c2)o1. The molecule has 0 fully saturated rings. The number of nitrogens with zero attached hydrogens (tertiary/aromatic N) is 1. The van der Waals surface area contributed by atoms with Gasteiger partial charge >= 0.3 is 0 Å². The Morgan fingerprint density at radius 3 is 2.58 bits per heavy atom. The Morgan fingerprint density at radius 2 is 1.77 bits per heavy atom. The van der Waals surface area contributed by atoms with Gasteiger partial charge in [-0.25, -0.2) is 4.98 Å². The molecule has 1 amide bonds. The largest absolute Gasteiger partial charge is 0.451 e. The number of benzene rings is 3. The number of carbonyl (C=O) groups excluding carboxylic acids is 1. The second-order valence-corrected chi connectivity index (χ2v) is 8.51. The molecular weight excluding hydrogens is 428 g/mol. The molecule has 0 aliphatic heterocycles. The molecule has 0 saturated carbocycles. The third-order valence-corrected chi connectivity index (χ3v) is 6.21. The highest BCUT2D eigenvalue weighted by atomic mass is 35.5. The molecule has 3 aromatic carbocycles. The van der Waals surface area contributed by atoms with Crippen molar-refractivity contribution < 1.29 is 9.21 Å². The van der Waals surface area contributed by atoms with Gasteiger partial charge in [-0.15, -0.1) is 11.3 Å². The molecule has 5 rings (SSSR count). The van der Waals surface area contributed by atoms with Crippen molar-refractivity contribution in [3.63, 3.8) is 0 Å². The van der Waals surface area contributed by atoms with Crippen molar-refractivity contribution in [3.8, 4) is 21.9 Å². The van der Waals surface area contributed by atoms with E-state index in [0.717, 1.165) is 27.2 Å². The van der Waals surface area contributed by atoms with Gasteiger partial charge in [0.25, 0.3) is 5.91 Å². The smallest absolute Gasteiger partial charge is 0.287 e. The van der Waals surface area contributed by atoms with Crippen LogP contribution in [0.5, 0.6) is 0 Å². The number of furan rings is 1. The molecule has 5 aromatic rings. The average molecular weight is 445 g/mol. The molecule has 152 valence electrons. The Morgan fingerprint density at radius 1 is 0.935 bits per heavy atom. The van der Waals surface area contributed by atoms with Gasteiger partial charge < -0.3 is 9.73 Å². The van der Waals surface area contributed by atoms with Gasteiger partial charge in [-0.05, 0) is 42.0 Å². The number of carbonyl (C=O) groups is 1. The van der Waals surface area contributed by atoms with Crippen LogP contribution in [0.3, 0.4) is 0 Å². The summed E-state index contributed by atoms with van der Waals surface area (Å²) in [4.78, 5) is 17.2. The number of thiazole rings is 1. The number of hydrogen-bond donors (Lipinski definition) is 1. The first-order valence-corrected chi connectivity index (χ1v) is 10.9. The van der Waals surface area contributed by atoms with E-state index in [1.165, 1.54) is 4.70 Å². The van der Waals surface area contributed by atoms with E-state index in [2.05, 4.69) is 16.4 Å². The minimum atomic E-state index is -0.261. The van der Waals surface area contributed by atoms with Gasteiger partial charge in [-0.1, -0.05) is 60.1 Å². The Bertz CT molecular complexity index is 1340. The van der Waals surface area contributed by atoms with Crippen LogP contribution in [-0.4, -0.2) is 10.9 Å². The normalized spacial score (nSPS) is 11.0. The van der Waals surface area contributed by atoms with E-state index in [4.69, 9.17) is 16.0 Å². The highest BCUT2D eigenvalue weighted by molar-refractivity contribution is 7.21. The number of hydrogen-bond acceptors (Lipinski definition) is 4. The lowest BCUT2D eigenvalue weighted by atomic mass is 10.1. The van der Waals surface area contributed by atoms with E-state index in [-0.39, 0.29) is 11.7 Å². The molecule has 2 heterocycles. The minimum Gasteiger partial charge on any atom is -0.451 e. The van der Waals surface area contributed by atoms with Gasteiger partial charge in [0.2, 0.25) is 0 Å². The van der Waals surface area contributed by atoms with Gasteiger partial charge in [0.1, 0.15) is 10.8 Å². The topological polar surface area (TPSA) is 55.1 Å². The van der Waals surface area contributed by atoms with Crippen LogP contribution in [0.2, 0.25) is 5.02 Å². The number of halogens is 1. The monoisotopic (exact) mass is 444 g/mol. The quantitative estimate of drug-likeness (QED) is 0.324. The van der Waals surface area contributed by atoms with Crippen molar-refractivity contribution in [2.45, 2.75) is 6.54 Å². The van der Waals surface area contributed by atoms with Crippen LogP contribution in [0.15, 0.2) is 89.3 Å². The first-order valence-electron chi connectivity index (χ1n) is 9.74. The fraction of sp³-hybridized carbons (Fsp3) is 0.0400. The number of nitrogens with one attached hydrogen (secondary N) is 1. The Labute approximate surface area is 188 Å². The summed E-state index contributed by atoms with van der Waals surface area (Å²) in [6, 6.07) is 26.9. The molecular formula is C25H17ClN2O2S. The fourth-order valence-corrected chi connectivity index (χ4v) is 4.45.